The van der Waals surface area contributed by atoms with Gasteiger partial charge < -0.3 is 4.84 Å². The van der Waals surface area contributed by atoms with Crippen LogP contribution in [0.2, 0.25) is 0 Å². The minimum atomic E-state index is -0.907. The van der Waals surface area contributed by atoms with Gasteiger partial charge in [0.15, 0.2) is 5.82 Å². The molecule has 10 nitrogen and oxygen atoms in total. The van der Waals surface area contributed by atoms with E-state index >= 15 is 0 Å². The molecule has 0 spiro atoms. The van der Waals surface area contributed by atoms with Gasteiger partial charge in [0.05, 0.1) is 12.1 Å². The first kappa shape index (κ1) is 29.7. The largest absolute Gasteiger partial charge is 0.355 e. The van der Waals surface area contributed by atoms with E-state index in [2.05, 4.69) is 27.5 Å². The smallest absolute Gasteiger partial charge is 0.332 e. The second kappa shape index (κ2) is 13.9. The van der Waals surface area contributed by atoms with Crippen molar-refractivity contribution in [2.75, 3.05) is 6.54 Å². The van der Waals surface area contributed by atoms with Crippen LogP contribution in [0.1, 0.15) is 70.3 Å². The molecule has 6 rings (SSSR count). The van der Waals surface area contributed by atoms with Crippen molar-refractivity contribution in [2.24, 2.45) is 0 Å². The molecule has 10 heteroatoms. The summed E-state index contributed by atoms with van der Waals surface area (Å²) in [6, 6.07) is 25.4. The number of aromatic nitrogens is 6. The Balaban J connectivity index is 1.33. The number of carbonyl (C=O) groups excluding carboxylic acids is 1. The molecule has 0 aliphatic carbocycles. The number of aromatic amines is 1. The number of nitrogens with zero attached hydrogens (tertiary/aromatic N) is 6. The van der Waals surface area contributed by atoms with Crippen LogP contribution in [-0.2, 0) is 16.2 Å². The fourth-order valence-electron chi connectivity index (χ4n) is 6.10. The predicted molar refractivity (Wildman–Crippen MR) is 168 cm³/mol. The van der Waals surface area contributed by atoms with Crippen LogP contribution in [0.25, 0.3) is 33.8 Å². The van der Waals surface area contributed by atoms with Crippen molar-refractivity contribution in [1.29, 1.82) is 0 Å². The molecule has 44 heavy (non-hydrogen) atoms. The van der Waals surface area contributed by atoms with Gasteiger partial charge in [0, 0.05) is 17.7 Å². The molecule has 1 aliphatic heterocycles. The molecule has 0 bridgehead atoms. The Hall–Kier alpha value is -4.41. The number of rotatable bonds is 14. The molecule has 0 unspecified atom stereocenters. The summed E-state index contributed by atoms with van der Waals surface area (Å²) in [6.07, 6.45) is 8.97. The lowest BCUT2D eigenvalue weighted by Crippen LogP contribution is -2.53. The molecule has 1 atom stereocenters. The van der Waals surface area contributed by atoms with Gasteiger partial charge in [0.25, 0.3) is 0 Å². The Labute approximate surface area is 257 Å². The Kier molecular flexibility index (Phi) is 9.38. The van der Waals surface area contributed by atoms with E-state index in [0.29, 0.717) is 48.7 Å². The first-order chi connectivity index (χ1) is 21.7. The number of hydroxylamine groups is 2. The van der Waals surface area contributed by atoms with Crippen LogP contribution in [0.3, 0.4) is 0 Å². The van der Waals surface area contributed by atoms with Gasteiger partial charge in [0.1, 0.15) is 11.1 Å². The fourth-order valence-corrected chi connectivity index (χ4v) is 6.10. The van der Waals surface area contributed by atoms with E-state index in [9.17, 15) is 4.79 Å². The first-order valence-corrected chi connectivity index (χ1v) is 15.7. The van der Waals surface area contributed by atoms with E-state index in [1.54, 1.807) is 4.73 Å². The molecule has 1 N–H and O–H groups in total. The zero-order valence-electron chi connectivity index (χ0n) is 25.2. The Morgan fingerprint density at radius 1 is 0.909 bits per heavy atom. The van der Waals surface area contributed by atoms with Crippen molar-refractivity contribution in [1.82, 2.24) is 35.4 Å². The maximum Gasteiger partial charge on any atom is 0.355 e. The monoisotopic (exact) mass is 593 g/mol. The second-order valence-corrected chi connectivity index (χ2v) is 11.4. The SMILES string of the molecule is CCCCCCCC[C@@]1(C(=O)On2c(-c3ccccc3-c3nn[nH]n3)nc3ccccc32)CCCN1OCc1ccccc1. The maximum atomic E-state index is 14.5. The van der Waals surface area contributed by atoms with E-state index in [1.165, 1.54) is 19.3 Å². The molecule has 5 aromatic rings. The number of carbonyl (C=O) groups is 1. The normalized spacial score (nSPS) is 16.9. The number of imidazole rings is 1. The summed E-state index contributed by atoms with van der Waals surface area (Å²) in [5.41, 5.74) is 3.02. The van der Waals surface area contributed by atoms with Crippen LogP contribution in [-0.4, -0.2) is 53.5 Å². The molecule has 3 aromatic carbocycles. The fraction of sp³-hybridized carbons (Fsp3) is 0.382. The zero-order valence-corrected chi connectivity index (χ0v) is 25.2. The quantitative estimate of drug-likeness (QED) is 0.144. The average Bonchev–Trinajstić information content (AvgIpc) is 3.82. The van der Waals surface area contributed by atoms with Crippen molar-refractivity contribution in [3.63, 3.8) is 0 Å². The summed E-state index contributed by atoms with van der Waals surface area (Å²) < 4.78 is 1.56. The topological polar surface area (TPSA) is 111 Å². The highest BCUT2D eigenvalue weighted by Gasteiger charge is 2.50. The molecule has 0 radical (unpaired) electrons. The minimum Gasteiger partial charge on any atom is -0.332 e. The van der Waals surface area contributed by atoms with E-state index in [1.807, 2.05) is 83.9 Å². The number of unbranched alkanes of at least 4 members (excludes halogenated alkanes) is 5. The second-order valence-electron chi connectivity index (χ2n) is 11.4. The number of benzene rings is 3. The standard InChI is InChI=1S/C34H39N7O3/c1-2-3-4-5-6-14-22-34(23-15-24-40(34)43-25-26-16-8-7-9-17-26)33(42)44-41-30-21-13-12-20-29(30)35-32(41)28-19-11-10-18-27(28)31-36-38-39-37-31/h7-13,16-21H,2-6,14-15,22-25H2,1H3,(H,36,37,38,39)/t34-/m0/s1. The highest BCUT2D eigenvalue weighted by molar-refractivity contribution is 5.87. The van der Waals surface area contributed by atoms with Crippen LogP contribution >= 0.6 is 0 Å². The Bertz CT molecular complexity index is 1650. The molecule has 0 saturated carbocycles. The lowest BCUT2D eigenvalue weighted by molar-refractivity contribution is -0.225. The molecule has 1 fully saturated rings. The van der Waals surface area contributed by atoms with E-state index < -0.39 is 5.54 Å². The third-order valence-electron chi connectivity index (χ3n) is 8.43. The van der Waals surface area contributed by atoms with Crippen LogP contribution in [0, 0.1) is 0 Å². The molecule has 1 saturated heterocycles. The van der Waals surface area contributed by atoms with Crippen molar-refractivity contribution in [3.05, 3.63) is 84.4 Å². The summed E-state index contributed by atoms with van der Waals surface area (Å²) >= 11 is 0. The van der Waals surface area contributed by atoms with Gasteiger partial charge in [-0.05, 0) is 42.2 Å². The molecule has 228 valence electrons. The lowest BCUT2D eigenvalue weighted by Gasteiger charge is -2.35. The highest BCUT2D eigenvalue weighted by Crippen LogP contribution is 2.37. The van der Waals surface area contributed by atoms with Gasteiger partial charge in [0.2, 0.25) is 5.82 Å². The van der Waals surface area contributed by atoms with Crippen molar-refractivity contribution in [2.45, 2.75) is 76.9 Å². The highest BCUT2D eigenvalue weighted by atomic mass is 16.7. The summed E-state index contributed by atoms with van der Waals surface area (Å²) in [4.78, 5) is 32.3. The third-order valence-corrected chi connectivity index (χ3v) is 8.43. The van der Waals surface area contributed by atoms with Gasteiger partial charge in [-0.3, -0.25) is 4.84 Å². The summed E-state index contributed by atoms with van der Waals surface area (Å²) in [6.45, 7) is 3.28. The van der Waals surface area contributed by atoms with Gasteiger partial charge in [-0.15, -0.1) is 10.2 Å². The van der Waals surface area contributed by atoms with Gasteiger partial charge >= 0.3 is 5.97 Å². The van der Waals surface area contributed by atoms with E-state index in [4.69, 9.17) is 14.7 Å². The molecular weight excluding hydrogens is 554 g/mol. The number of nitrogens with one attached hydrogen (secondary N) is 1. The molecule has 1 aliphatic rings. The molecular formula is C34H39N7O3. The van der Waals surface area contributed by atoms with Gasteiger partial charge in [-0.2, -0.15) is 15.0 Å². The molecule has 0 amide bonds. The molecule has 3 heterocycles. The zero-order chi connectivity index (χ0) is 30.2. The van der Waals surface area contributed by atoms with Gasteiger partial charge in [-0.1, -0.05) is 112 Å². The van der Waals surface area contributed by atoms with Crippen LogP contribution < -0.4 is 4.84 Å². The van der Waals surface area contributed by atoms with E-state index in [0.717, 1.165) is 42.4 Å². The van der Waals surface area contributed by atoms with Crippen LogP contribution in [0.15, 0.2) is 78.9 Å². The van der Waals surface area contributed by atoms with Crippen LogP contribution in [0.4, 0.5) is 0 Å². The first-order valence-electron chi connectivity index (χ1n) is 15.7. The third kappa shape index (κ3) is 6.27. The van der Waals surface area contributed by atoms with Crippen LogP contribution in [0.5, 0.6) is 0 Å². The average molecular weight is 594 g/mol. The lowest BCUT2D eigenvalue weighted by atomic mass is 9.90. The maximum absolute atomic E-state index is 14.5. The number of hydrogen-bond donors (Lipinski definition) is 1. The van der Waals surface area contributed by atoms with Gasteiger partial charge in [-0.25, -0.2) is 9.78 Å². The predicted octanol–water partition coefficient (Wildman–Crippen LogP) is 6.56. The van der Waals surface area contributed by atoms with Crippen molar-refractivity contribution in [3.8, 4) is 22.8 Å². The number of H-pyrrole nitrogens is 1. The summed E-state index contributed by atoms with van der Waals surface area (Å²) in [5.74, 6) is 0.587. The Morgan fingerprint density at radius 3 is 2.48 bits per heavy atom. The summed E-state index contributed by atoms with van der Waals surface area (Å²) in [5, 5.41) is 16.5. The number of tetrazole rings is 1. The van der Waals surface area contributed by atoms with E-state index in [-0.39, 0.29) is 5.97 Å². The van der Waals surface area contributed by atoms with Crippen molar-refractivity contribution >= 4 is 17.0 Å². The number of hydrogen-bond acceptors (Lipinski definition) is 8. The number of fused-ring (bicyclic) bond motifs is 1. The minimum absolute atomic E-state index is 0.335. The summed E-state index contributed by atoms with van der Waals surface area (Å²) in [7, 11) is 0. The molecule has 2 aromatic heterocycles. The van der Waals surface area contributed by atoms with Crippen molar-refractivity contribution < 1.29 is 14.5 Å². The Morgan fingerprint density at radius 2 is 1.66 bits per heavy atom. The number of para-hydroxylation sites is 2.